The molecule has 4 bridgehead atoms. The predicted molar refractivity (Wildman–Crippen MR) is 253 cm³/mol. The van der Waals surface area contributed by atoms with E-state index >= 15 is 0 Å². The molecule has 5 aliphatic rings. The Morgan fingerprint density at radius 1 is 0.433 bits per heavy atom. The summed E-state index contributed by atoms with van der Waals surface area (Å²) in [4.78, 5) is 12.4. The highest BCUT2D eigenvalue weighted by molar-refractivity contribution is 7.26. The lowest BCUT2D eigenvalue weighted by Crippen LogP contribution is -2.55. The van der Waals surface area contributed by atoms with Crippen molar-refractivity contribution in [1.29, 1.82) is 0 Å². The monoisotopic (exact) mass is 804 g/mol. The van der Waals surface area contributed by atoms with Crippen molar-refractivity contribution in [3.8, 4) is 56.0 Å². The first-order valence-corrected chi connectivity index (χ1v) is 23.4. The van der Waals surface area contributed by atoms with Gasteiger partial charge in [0.15, 0.2) is 5.82 Å². The molecule has 3 heterocycles. The van der Waals surface area contributed by atoms with Crippen LogP contribution in [0, 0.1) is 23.7 Å². The molecular weight excluding hydrogens is 765 g/mol. The van der Waals surface area contributed by atoms with Crippen LogP contribution in [0.3, 0.4) is 0 Å². The van der Waals surface area contributed by atoms with Crippen LogP contribution < -0.4 is 0 Å². The quantitative estimate of drug-likeness (QED) is 0.177. The summed E-state index contributed by atoms with van der Waals surface area (Å²) in [7, 11) is 0. The maximum Gasteiger partial charge on any atom is 0.161 e. The van der Waals surface area contributed by atoms with Gasteiger partial charge in [0.2, 0.25) is 0 Å². The topological polar surface area (TPSA) is 25.8 Å². The minimum atomic E-state index is -0.0573. The van der Waals surface area contributed by atoms with Crippen molar-refractivity contribution >= 4 is 63.1 Å². The average molecular weight is 805 g/mol. The molecule has 286 valence electrons. The smallest absolute Gasteiger partial charge is 0.161 e. The van der Waals surface area contributed by atoms with Crippen molar-refractivity contribution in [3.05, 3.63) is 169 Å². The van der Waals surface area contributed by atoms with Gasteiger partial charge >= 0.3 is 0 Å². The molecule has 2 nitrogen and oxygen atoms in total. The van der Waals surface area contributed by atoms with Gasteiger partial charge in [-0.1, -0.05) is 127 Å². The van der Waals surface area contributed by atoms with Crippen molar-refractivity contribution < 1.29 is 0 Å². The van der Waals surface area contributed by atoms with Crippen molar-refractivity contribution in [2.75, 3.05) is 0 Å². The van der Waals surface area contributed by atoms with Gasteiger partial charge in [0.05, 0.1) is 5.69 Å². The van der Waals surface area contributed by atoms with E-state index in [2.05, 4.69) is 158 Å². The SMILES string of the molecule is c1ccc(-c2cccc(-c3nc(-c4cccc5c4C4(c6cc(-c7ccc8c(c7)sc7ccccc78)ccc6-5)C5CC6CC(C5)CC4C6)nc4sc5ccccc5c34)c2)cc1. The molecule has 0 aliphatic heterocycles. The zero-order valence-corrected chi connectivity index (χ0v) is 34.7. The summed E-state index contributed by atoms with van der Waals surface area (Å²) in [5, 5.41) is 5.10. The van der Waals surface area contributed by atoms with E-state index in [1.807, 2.05) is 11.3 Å². The van der Waals surface area contributed by atoms with E-state index < -0.39 is 0 Å². The van der Waals surface area contributed by atoms with E-state index in [0.29, 0.717) is 11.8 Å². The Morgan fingerprint density at radius 3 is 1.90 bits per heavy atom. The van der Waals surface area contributed by atoms with E-state index in [4.69, 9.17) is 9.97 Å². The number of rotatable bonds is 4. The molecule has 7 aromatic carbocycles. The fourth-order valence-corrected chi connectivity index (χ4v) is 15.2. The normalized spacial score (nSPS) is 22.4. The van der Waals surface area contributed by atoms with Crippen molar-refractivity contribution in [3.63, 3.8) is 0 Å². The van der Waals surface area contributed by atoms with Crippen LogP contribution in [0.5, 0.6) is 0 Å². The van der Waals surface area contributed by atoms with Gasteiger partial charge in [0, 0.05) is 52.2 Å². The van der Waals surface area contributed by atoms with Gasteiger partial charge in [-0.15, -0.1) is 22.7 Å². The van der Waals surface area contributed by atoms with E-state index in [-0.39, 0.29) is 5.41 Å². The lowest BCUT2D eigenvalue weighted by molar-refractivity contribution is -0.0397. The third kappa shape index (κ3) is 4.69. The average Bonchev–Trinajstić information content (AvgIpc) is 3.96. The zero-order chi connectivity index (χ0) is 39.1. The molecule has 4 saturated carbocycles. The second-order valence-electron chi connectivity index (χ2n) is 18.1. The molecule has 0 atom stereocenters. The summed E-state index contributed by atoms with van der Waals surface area (Å²) in [5.74, 6) is 3.80. The molecule has 15 rings (SSSR count). The standard InChI is InChI=1S/C56H40N2S2/c1-2-10-34(11-3-1)35-12-8-13-38(29-35)53-51-45-15-5-7-19-49(45)60-55(51)58-54(57-53)46-17-9-16-44-41-22-20-36(37-21-23-43-42-14-4-6-18-48(42)59-50(43)31-37)30-47(41)56(52(44)46)39-25-32-24-33(27-39)28-40(56)26-32/h1-23,29-33,39-40H,24-28H2. The van der Waals surface area contributed by atoms with Crippen molar-refractivity contribution in [1.82, 2.24) is 9.97 Å². The Hall–Kier alpha value is -5.94. The number of aromatic nitrogens is 2. The molecule has 4 heteroatoms. The van der Waals surface area contributed by atoms with Crippen LogP contribution in [-0.4, -0.2) is 9.97 Å². The summed E-state index contributed by atoms with van der Waals surface area (Å²) < 4.78 is 3.98. The van der Waals surface area contributed by atoms with Gasteiger partial charge in [-0.2, -0.15) is 0 Å². The Labute approximate surface area is 357 Å². The van der Waals surface area contributed by atoms with Crippen LogP contribution in [0.4, 0.5) is 0 Å². The summed E-state index contributed by atoms with van der Waals surface area (Å²) in [6, 6.07) is 59.1. The minimum Gasteiger partial charge on any atom is -0.227 e. The predicted octanol–water partition coefficient (Wildman–Crippen LogP) is 15.6. The molecule has 0 N–H and O–H groups in total. The van der Waals surface area contributed by atoms with Gasteiger partial charge < -0.3 is 0 Å². The van der Waals surface area contributed by atoms with E-state index in [0.717, 1.165) is 39.1 Å². The molecule has 3 aromatic heterocycles. The van der Waals surface area contributed by atoms with Crippen molar-refractivity contribution in [2.45, 2.75) is 37.5 Å². The third-order valence-electron chi connectivity index (χ3n) is 15.1. The first-order chi connectivity index (χ1) is 29.7. The van der Waals surface area contributed by atoms with Gasteiger partial charge in [0.25, 0.3) is 0 Å². The van der Waals surface area contributed by atoms with Gasteiger partial charge in [0.1, 0.15) is 4.83 Å². The van der Waals surface area contributed by atoms with Crippen LogP contribution in [0.15, 0.2) is 158 Å². The summed E-state index contributed by atoms with van der Waals surface area (Å²) in [6.07, 6.45) is 6.73. The van der Waals surface area contributed by atoms with Crippen LogP contribution >= 0.6 is 22.7 Å². The Balaban J connectivity index is 0.995. The fourth-order valence-electron chi connectivity index (χ4n) is 13.0. The maximum atomic E-state index is 5.74. The Morgan fingerprint density at radius 2 is 1.07 bits per heavy atom. The number of benzene rings is 7. The van der Waals surface area contributed by atoms with Gasteiger partial charge in [-0.3, -0.25) is 0 Å². The molecule has 0 radical (unpaired) electrons. The first kappa shape index (κ1) is 33.8. The van der Waals surface area contributed by atoms with E-state index in [1.165, 1.54) is 107 Å². The van der Waals surface area contributed by atoms with E-state index in [1.54, 1.807) is 16.9 Å². The summed E-state index contributed by atoms with van der Waals surface area (Å²) in [6.45, 7) is 0. The molecule has 0 unspecified atom stereocenters. The maximum absolute atomic E-state index is 5.74. The fraction of sp³-hybridized carbons (Fsp3) is 0.179. The van der Waals surface area contributed by atoms with Crippen LogP contribution in [-0.2, 0) is 5.41 Å². The molecule has 0 amide bonds. The minimum absolute atomic E-state index is 0.0573. The number of hydrogen-bond donors (Lipinski definition) is 0. The highest BCUT2D eigenvalue weighted by atomic mass is 32.1. The van der Waals surface area contributed by atoms with Crippen LogP contribution in [0.25, 0.3) is 96.5 Å². The molecule has 1 spiro atoms. The molecule has 60 heavy (non-hydrogen) atoms. The van der Waals surface area contributed by atoms with Crippen molar-refractivity contribution in [2.24, 2.45) is 23.7 Å². The molecule has 10 aromatic rings. The number of nitrogens with zero attached hydrogens (tertiary/aromatic N) is 2. The lowest BCUT2D eigenvalue weighted by atomic mass is 9.42. The highest BCUT2D eigenvalue weighted by Crippen LogP contribution is 2.70. The first-order valence-electron chi connectivity index (χ1n) is 21.7. The van der Waals surface area contributed by atoms with Crippen LogP contribution in [0.2, 0.25) is 0 Å². The number of fused-ring (bicyclic) bond motifs is 9. The Kier molecular flexibility index (Phi) is 7.08. The molecule has 5 aliphatic carbocycles. The Bertz CT molecular complexity index is 3380. The van der Waals surface area contributed by atoms with Gasteiger partial charge in [-0.05, 0) is 131 Å². The number of thiophene rings is 2. The zero-order valence-electron chi connectivity index (χ0n) is 33.1. The third-order valence-corrected chi connectivity index (χ3v) is 17.3. The molecular formula is C56H40N2S2. The highest BCUT2D eigenvalue weighted by Gasteiger charge is 2.62. The summed E-state index contributed by atoms with van der Waals surface area (Å²) >= 11 is 3.71. The van der Waals surface area contributed by atoms with Gasteiger partial charge in [-0.25, -0.2) is 9.97 Å². The largest absolute Gasteiger partial charge is 0.227 e. The second-order valence-corrected chi connectivity index (χ2v) is 20.2. The van der Waals surface area contributed by atoms with E-state index in [9.17, 15) is 0 Å². The molecule has 0 saturated heterocycles. The number of hydrogen-bond acceptors (Lipinski definition) is 4. The second kappa shape index (κ2) is 12.5. The lowest BCUT2D eigenvalue weighted by Gasteiger charge is -2.61. The molecule has 4 fully saturated rings. The summed E-state index contributed by atoms with van der Waals surface area (Å²) in [5.41, 5.74) is 14.3. The van der Waals surface area contributed by atoms with Crippen LogP contribution in [0.1, 0.15) is 43.2 Å².